The number of aromatic nitrogens is 2. The minimum absolute atomic E-state index is 0.0354. The molecule has 0 radical (unpaired) electrons. The fourth-order valence-electron chi connectivity index (χ4n) is 3.49. The number of amides is 2. The van der Waals surface area contributed by atoms with E-state index in [-0.39, 0.29) is 6.03 Å². The lowest BCUT2D eigenvalue weighted by Crippen LogP contribution is -2.50. The van der Waals surface area contributed by atoms with Gasteiger partial charge in [0.25, 0.3) is 0 Å². The average Bonchev–Trinajstić information content (AvgIpc) is 2.75. The number of aryl methyl sites for hydroxylation is 2. The lowest BCUT2D eigenvalue weighted by molar-refractivity contribution is 0.208. The minimum atomic E-state index is -0.0354. The van der Waals surface area contributed by atoms with Crippen LogP contribution in [0.1, 0.15) is 57.1 Å². The normalized spacial score (nSPS) is 15.3. The second-order valence-corrected chi connectivity index (χ2v) is 10.1. The van der Waals surface area contributed by atoms with Gasteiger partial charge >= 0.3 is 6.03 Å². The van der Waals surface area contributed by atoms with Gasteiger partial charge in [-0.2, -0.15) is 0 Å². The molecule has 7 heteroatoms. The number of urea groups is 1. The average molecular weight is 442 g/mol. The fourth-order valence-corrected chi connectivity index (χ4v) is 4.52. The molecule has 0 spiro atoms. The third-order valence-electron chi connectivity index (χ3n) is 5.62. The van der Waals surface area contributed by atoms with Crippen LogP contribution in [0.25, 0.3) is 0 Å². The number of hydrogen-bond donors (Lipinski definition) is 1. The van der Waals surface area contributed by atoms with E-state index < -0.39 is 0 Å². The van der Waals surface area contributed by atoms with Crippen LogP contribution < -0.4 is 10.2 Å². The molecule has 6 nitrogen and oxygen atoms in total. The number of nitrogens with zero attached hydrogens (tertiary/aromatic N) is 4. The first-order valence-corrected chi connectivity index (χ1v) is 12.1. The van der Waals surface area contributed by atoms with E-state index in [9.17, 15) is 4.79 Å². The highest BCUT2D eigenvalue weighted by molar-refractivity contribution is 7.99. The molecular weight excluding hydrogens is 406 g/mol. The van der Waals surface area contributed by atoms with Gasteiger partial charge in [-0.05, 0) is 44.0 Å². The Bertz CT molecular complexity index is 909. The minimum Gasteiger partial charge on any atom is -0.353 e. The number of hydrogen-bond acceptors (Lipinski definition) is 5. The third-order valence-corrected chi connectivity index (χ3v) is 6.88. The van der Waals surface area contributed by atoms with Gasteiger partial charge in [-0.15, -0.1) is 11.8 Å². The van der Waals surface area contributed by atoms with Gasteiger partial charge in [0, 0.05) is 59.7 Å². The summed E-state index contributed by atoms with van der Waals surface area (Å²) >= 11 is 1.88. The highest BCUT2D eigenvalue weighted by Gasteiger charge is 2.23. The molecule has 1 unspecified atom stereocenters. The van der Waals surface area contributed by atoms with Crippen LogP contribution >= 0.6 is 11.8 Å². The van der Waals surface area contributed by atoms with Crippen molar-refractivity contribution in [2.24, 2.45) is 0 Å². The summed E-state index contributed by atoms with van der Waals surface area (Å²) in [6.07, 6.45) is 1.14. The molecule has 168 valence electrons. The lowest BCUT2D eigenvalue weighted by Gasteiger charge is -2.35. The first-order chi connectivity index (χ1) is 14.8. The van der Waals surface area contributed by atoms with Gasteiger partial charge in [-0.3, -0.25) is 0 Å². The van der Waals surface area contributed by atoms with E-state index in [1.807, 2.05) is 35.7 Å². The number of piperazine rings is 1. The molecule has 1 aromatic carbocycles. The van der Waals surface area contributed by atoms with Crippen molar-refractivity contribution in [1.29, 1.82) is 0 Å². The maximum absolute atomic E-state index is 12.8. The van der Waals surface area contributed by atoms with Gasteiger partial charge in [-0.25, -0.2) is 14.8 Å². The second-order valence-electron chi connectivity index (χ2n) is 8.60. The molecule has 1 fully saturated rings. The Balaban J connectivity index is 1.58. The summed E-state index contributed by atoms with van der Waals surface area (Å²) in [5.74, 6) is 2.13. The summed E-state index contributed by atoms with van der Waals surface area (Å²) in [6.45, 7) is 15.6. The molecular formula is C24H35N5OS. The van der Waals surface area contributed by atoms with Gasteiger partial charge in [0.1, 0.15) is 11.6 Å². The zero-order valence-electron chi connectivity index (χ0n) is 19.6. The van der Waals surface area contributed by atoms with Crippen molar-refractivity contribution in [3.63, 3.8) is 0 Å². The maximum atomic E-state index is 12.8. The van der Waals surface area contributed by atoms with Crippen LogP contribution in [-0.4, -0.2) is 52.3 Å². The molecule has 0 aliphatic carbocycles. The summed E-state index contributed by atoms with van der Waals surface area (Å²) < 4.78 is 0. The van der Waals surface area contributed by atoms with Gasteiger partial charge < -0.3 is 15.1 Å². The van der Waals surface area contributed by atoms with Crippen LogP contribution in [0.3, 0.4) is 0 Å². The number of carbonyl (C=O) groups excluding carboxylic acids is 1. The molecule has 0 bridgehead atoms. The van der Waals surface area contributed by atoms with Crippen LogP contribution in [0.15, 0.2) is 29.2 Å². The number of nitrogens with one attached hydrogen (secondary N) is 1. The van der Waals surface area contributed by atoms with E-state index in [0.29, 0.717) is 24.3 Å². The zero-order chi connectivity index (χ0) is 22.5. The third kappa shape index (κ3) is 6.12. The van der Waals surface area contributed by atoms with Gasteiger partial charge in [0.05, 0.1) is 0 Å². The molecule has 3 rings (SSSR count). The highest BCUT2D eigenvalue weighted by atomic mass is 32.2. The number of anilines is 2. The van der Waals surface area contributed by atoms with E-state index in [1.165, 1.54) is 4.90 Å². The summed E-state index contributed by atoms with van der Waals surface area (Å²) in [5, 5.41) is 3.69. The Morgan fingerprint density at radius 1 is 1.10 bits per heavy atom. The van der Waals surface area contributed by atoms with Gasteiger partial charge in [0.15, 0.2) is 0 Å². The number of rotatable bonds is 6. The maximum Gasteiger partial charge on any atom is 0.321 e. The van der Waals surface area contributed by atoms with Crippen LogP contribution in [0.5, 0.6) is 0 Å². The number of carbonyl (C=O) groups is 1. The van der Waals surface area contributed by atoms with Crippen LogP contribution in [0.2, 0.25) is 0 Å². The first-order valence-electron chi connectivity index (χ1n) is 11.2. The van der Waals surface area contributed by atoms with Crippen LogP contribution in [0.4, 0.5) is 16.3 Å². The molecule has 1 saturated heterocycles. The Hall–Kier alpha value is -2.28. The summed E-state index contributed by atoms with van der Waals surface area (Å²) in [6, 6.07) is 8.27. The first kappa shape index (κ1) is 23.4. The smallest absolute Gasteiger partial charge is 0.321 e. The van der Waals surface area contributed by atoms with Crippen LogP contribution in [-0.2, 0) is 0 Å². The number of benzene rings is 1. The summed E-state index contributed by atoms with van der Waals surface area (Å²) in [7, 11) is 0. The molecule has 1 N–H and O–H groups in total. The quantitative estimate of drug-likeness (QED) is 0.603. The van der Waals surface area contributed by atoms with E-state index in [4.69, 9.17) is 4.98 Å². The predicted molar refractivity (Wildman–Crippen MR) is 130 cm³/mol. The van der Waals surface area contributed by atoms with E-state index in [0.717, 1.165) is 48.1 Å². The SMILES string of the molecule is CCC(C)Sc1ccc(NC(=O)N2CCN(c3cc(C)nc(C(C)C)n3)CC2)c(C)c1. The molecule has 1 aromatic heterocycles. The van der Waals surface area contributed by atoms with Crippen molar-refractivity contribution in [2.45, 2.75) is 64.0 Å². The molecule has 2 heterocycles. The zero-order valence-corrected chi connectivity index (χ0v) is 20.4. The topological polar surface area (TPSA) is 61.4 Å². The lowest BCUT2D eigenvalue weighted by atomic mass is 10.2. The second kappa shape index (κ2) is 10.4. The van der Waals surface area contributed by atoms with Crippen molar-refractivity contribution in [2.75, 3.05) is 36.4 Å². The Morgan fingerprint density at radius 3 is 2.42 bits per heavy atom. The molecule has 1 atom stereocenters. The van der Waals surface area contributed by atoms with Crippen molar-refractivity contribution in [3.05, 3.63) is 41.3 Å². The highest BCUT2D eigenvalue weighted by Crippen LogP contribution is 2.28. The molecule has 31 heavy (non-hydrogen) atoms. The monoisotopic (exact) mass is 441 g/mol. The standard InChI is InChI=1S/C24H35N5OS/c1-7-19(6)31-20-8-9-21(17(4)14-20)26-24(30)29-12-10-28(11-13-29)22-15-18(5)25-23(27-22)16(2)3/h8-9,14-16,19H,7,10-13H2,1-6H3,(H,26,30). The van der Waals surface area contributed by atoms with E-state index >= 15 is 0 Å². The molecule has 2 aromatic rings. The predicted octanol–water partition coefficient (Wildman–Crippen LogP) is 5.46. The van der Waals surface area contributed by atoms with Gasteiger partial charge in [-0.1, -0.05) is 27.7 Å². The van der Waals surface area contributed by atoms with E-state index in [2.05, 4.69) is 62.0 Å². The molecule has 1 aliphatic rings. The Labute approximate surface area is 190 Å². The fraction of sp³-hybridized carbons (Fsp3) is 0.542. The van der Waals surface area contributed by atoms with E-state index in [1.54, 1.807) is 0 Å². The number of thioether (sulfide) groups is 1. The van der Waals surface area contributed by atoms with Crippen molar-refractivity contribution in [1.82, 2.24) is 14.9 Å². The Kier molecular flexibility index (Phi) is 7.81. The molecule has 2 amide bonds. The van der Waals surface area contributed by atoms with Gasteiger partial charge in [0.2, 0.25) is 0 Å². The van der Waals surface area contributed by atoms with Crippen molar-refractivity contribution in [3.8, 4) is 0 Å². The molecule has 1 aliphatic heterocycles. The molecule has 0 saturated carbocycles. The van der Waals surface area contributed by atoms with Crippen LogP contribution in [0, 0.1) is 13.8 Å². The largest absolute Gasteiger partial charge is 0.353 e. The summed E-state index contributed by atoms with van der Waals surface area (Å²) in [5.41, 5.74) is 2.96. The summed E-state index contributed by atoms with van der Waals surface area (Å²) in [4.78, 5) is 27.5. The van der Waals surface area contributed by atoms with Crippen molar-refractivity contribution >= 4 is 29.3 Å². The Morgan fingerprint density at radius 2 is 1.81 bits per heavy atom. The van der Waals surface area contributed by atoms with Crippen molar-refractivity contribution < 1.29 is 4.79 Å².